The molecule has 0 N–H and O–H groups in total. The molecule has 3 fully saturated rings. The van der Waals surface area contributed by atoms with E-state index in [1.807, 2.05) is 60.7 Å². The predicted octanol–water partition coefficient (Wildman–Crippen LogP) is 15.5. The SMILES string of the molecule is C=C1[C@H](C)C/C(=C\CP(=O)(c2ccccc2)c2ccccc2)C[C@H]1O[Si](C)(C)C(C)(C)C.CCC(CC)(CCC[C@H](C)C1CC[C@H]2C(=O)CCC[C@]12C)O[Si](CC)(CC)CC. The maximum absolute atomic E-state index is 14.4. The van der Waals surface area contributed by atoms with E-state index in [0.29, 0.717) is 23.8 Å². The molecule has 342 valence electrons. The fourth-order valence-corrected chi connectivity index (χ4v) is 18.2. The lowest BCUT2D eigenvalue weighted by Gasteiger charge is -2.43. The molecule has 3 aliphatic carbocycles. The van der Waals surface area contributed by atoms with Crippen LogP contribution in [0.4, 0.5) is 0 Å². The van der Waals surface area contributed by atoms with E-state index in [9.17, 15) is 9.36 Å². The number of allylic oxidation sites excluding steroid dienone is 1. The second-order valence-corrected chi connectivity index (χ2v) is 33.7. The van der Waals surface area contributed by atoms with Gasteiger partial charge in [0.25, 0.3) is 0 Å². The third-order valence-electron chi connectivity index (χ3n) is 16.9. The third kappa shape index (κ3) is 12.3. The van der Waals surface area contributed by atoms with Gasteiger partial charge in [-0.15, -0.1) is 0 Å². The summed E-state index contributed by atoms with van der Waals surface area (Å²) in [7, 11) is -6.22. The molecule has 3 saturated carbocycles. The monoisotopic (exact) mass is 889 g/mol. The molecule has 3 aliphatic rings. The molecule has 0 aromatic heterocycles. The van der Waals surface area contributed by atoms with Crippen LogP contribution >= 0.6 is 7.14 Å². The van der Waals surface area contributed by atoms with Crippen LogP contribution in [-0.2, 0) is 18.2 Å². The Morgan fingerprint density at radius 2 is 1.46 bits per heavy atom. The van der Waals surface area contributed by atoms with E-state index in [4.69, 9.17) is 8.85 Å². The van der Waals surface area contributed by atoms with Crippen molar-refractivity contribution in [1.29, 1.82) is 0 Å². The molecule has 0 amide bonds. The van der Waals surface area contributed by atoms with Crippen molar-refractivity contribution in [2.24, 2.45) is 29.1 Å². The molecule has 0 aliphatic heterocycles. The summed E-state index contributed by atoms with van der Waals surface area (Å²) in [6.45, 7) is 34.7. The molecule has 1 unspecified atom stereocenters. The maximum atomic E-state index is 14.4. The summed E-state index contributed by atoms with van der Waals surface area (Å²) in [6, 6.07) is 23.6. The van der Waals surface area contributed by atoms with Gasteiger partial charge >= 0.3 is 0 Å². The van der Waals surface area contributed by atoms with Crippen molar-refractivity contribution in [3.05, 3.63) is 84.5 Å². The van der Waals surface area contributed by atoms with E-state index in [2.05, 4.69) is 102 Å². The molecule has 0 bridgehead atoms. The topological polar surface area (TPSA) is 52.6 Å². The Bertz CT molecular complexity index is 1720. The first kappa shape index (κ1) is 51.8. The summed E-state index contributed by atoms with van der Waals surface area (Å²) < 4.78 is 28.2. The van der Waals surface area contributed by atoms with Crippen molar-refractivity contribution in [3.8, 4) is 0 Å². The van der Waals surface area contributed by atoms with E-state index >= 15 is 0 Å². The van der Waals surface area contributed by atoms with Crippen LogP contribution in [-0.4, -0.2) is 40.3 Å². The summed E-state index contributed by atoms with van der Waals surface area (Å²) in [5.41, 5.74) is 2.94. The third-order valence-corrected chi connectivity index (χ3v) is 29.0. The molecule has 61 heavy (non-hydrogen) atoms. The van der Waals surface area contributed by atoms with E-state index in [1.165, 1.54) is 61.4 Å². The van der Waals surface area contributed by atoms with Crippen molar-refractivity contribution < 1.29 is 18.2 Å². The Morgan fingerprint density at radius 3 is 1.97 bits per heavy atom. The molecule has 6 atom stereocenters. The van der Waals surface area contributed by atoms with Crippen LogP contribution in [0.5, 0.6) is 0 Å². The number of rotatable bonds is 18. The summed E-state index contributed by atoms with van der Waals surface area (Å²) >= 11 is 0. The summed E-state index contributed by atoms with van der Waals surface area (Å²) in [4.78, 5) is 12.5. The number of benzene rings is 2. The highest BCUT2D eigenvalue weighted by atomic mass is 31.2. The second-order valence-electron chi connectivity index (χ2n) is 21.4. The molecular weight excluding hydrogens is 800 g/mol. The smallest absolute Gasteiger partial charge is 0.192 e. The molecule has 0 radical (unpaired) electrons. The minimum atomic E-state index is -2.74. The van der Waals surface area contributed by atoms with Gasteiger partial charge in [-0.05, 0) is 123 Å². The molecule has 0 heterocycles. The van der Waals surface area contributed by atoms with Gasteiger partial charge < -0.3 is 13.4 Å². The summed E-state index contributed by atoms with van der Waals surface area (Å²) in [6.07, 6.45) is 16.4. The average Bonchev–Trinajstić information content (AvgIpc) is 3.61. The normalized spacial score (nSPS) is 25.2. The molecule has 0 saturated heterocycles. The van der Waals surface area contributed by atoms with Crippen molar-refractivity contribution in [3.63, 3.8) is 0 Å². The highest BCUT2D eigenvalue weighted by Crippen LogP contribution is 2.57. The zero-order valence-electron chi connectivity index (χ0n) is 41.3. The largest absolute Gasteiger partial charge is 0.411 e. The lowest BCUT2D eigenvalue weighted by Crippen LogP contribution is -2.47. The quantitative estimate of drug-likeness (QED) is 0.0850. The van der Waals surface area contributed by atoms with Gasteiger partial charge in [0.1, 0.15) is 12.9 Å². The van der Waals surface area contributed by atoms with Crippen LogP contribution in [0.2, 0.25) is 36.3 Å². The maximum Gasteiger partial charge on any atom is 0.192 e. The number of carbonyl (C=O) groups excluding carboxylic acids is 1. The van der Waals surface area contributed by atoms with E-state index in [1.54, 1.807) is 0 Å². The molecule has 0 spiro atoms. The fourth-order valence-electron chi connectivity index (χ4n) is 11.1. The van der Waals surface area contributed by atoms with Gasteiger partial charge in [0.15, 0.2) is 16.6 Å². The zero-order valence-corrected chi connectivity index (χ0v) is 44.2. The number of ketones is 1. The Kier molecular flexibility index (Phi) is 18.6. The molecule has 7 heteroatoms. The number of hydrogen-bond donors (Lipinski definition) is 0. The standard InChI is InChI=1S/C28H39O2PSi.C26H50O2Si/c1-22-20-24(21-27(23(22)2)30-32(6,7)28(3,4)5)18-19-31(29,25-14-10-8-11-15-25)26-16-12-9-13-17-26;1-8-26(9-2,28-29(10-3,11-4)12-5)20-13-15-21(6)22-17-18-23-24(27)16-14-19-25(22,23)7/h8-18,22,27H,2,19-21H2,1,3-7H3;21-23H,8-20H2,1-7H3/b24-18+;/t22-,27-;21-,22?,23-,25+/m10/s1. The van der Waals surface area contributed by atoms with Gasteiger partial charge in [0.05, 0.1) is 11.7 Å². The molecule has 4 nitrogen and oxygen atoms in total. The van der Waals surface area contributed by atoms with Gasteiger partial charge in [0.2, 0.25) is 0 Å². The van der Waals surface area contributed by atoms with Crippen molar-refractivity contribution >= 4 is 40.2 Å². The number of Topliss-reactive ketones (excluding diaryl/α,β-unsaturated/α-hetero) is 1. The van der Waals surface area contributed by atoms with Gasteiger partial charge in [-0.25, -0.2) is 0 Å². The van der Waals surface area contributed by atoms with Gasteiger partial charge in [-0.1, -0.05) is 168 Å². The number of fused-ring (bicyclic) bond motifs is 1. The van der Waals surface area contributed by atoms with Crippen molar-refractivity contribution in [1.82, 2.24) is 0 Å². The van der Waals surface area contributed by atoms with Crippen LogP contribution in [0.15, 0.2) is 84.5 Å². The summed E-state index contributed by atoms with van der Waals surface area (Å²) in [5.74, 6) is 2.77. The van der Waals surface area contributed by atoms with Crippen molar-refractivity contribution in [2.75, 3.05) is 6.16 Å². The number of hydrogen-bond acceptors (Lipinski definition) is 4. The van der Waals surface area contributed by atoms with Crippen LogP contribution in [0.1, 0.15) is 153 Å². The first-order chi connectivity index (χ1) is 28.7. The molecule has 2 aromatic carbocycles. The van der Waals surface area contributed by atoms with E-state index in [0.717, 1.165) is 67.4 Å². The minimum absolute atomic E-state index is 0.0544. The lowest BCUT2D eigenvalue weighted by molar-refractivity contribution is -0.130. The lowest BCUT2D eigenvalue weighted by atomic mass is 9.62. The van der Waals surface area contributed by atoms with Crippen LogP contribution in [0.25, 0.3) is 0 Å². The van der Waals surface area contributed by atoms with Gasteiger partial charge in [-0.3, -0.25) is 4.79 Å². The van der Waals surface area contributed by atoms with E-state index in [-0.39, 0.29) is 22.2 Å². The van der Waals surface area contributed by atoms with Crippen molar-refractivity contribution in [2.45, 2.75) is 201 Å². The Labute approximate surface area is 377 Å². The van der Waals surface area contributed by atoms with Crippen LogP contribution in [0, 0.1) is 29.1 Å². The fraction of sp³-hybridized carbons (Fsp3) is 0.685. The second kappa shape index (κ2) is 21.9. The Balaban J connectivity index is 0.000000270. The Hall–Kier alpha value is -1.83. The zero-order chi connectivity index (χ0) is 45.3. The Morgan fingerprint density at radius 1 is 0.902 bits per heavy atom. The first-order valence-corrected chi connectivity index (χ1v) is 32.0. The number of carbonyl (C=O) groups is 1. The van der Waals surface area contributed by atoms with Crippen LogP contribution in [0.3, 0.4) is 0 Å². The minimum Gasteiger partial charge on any atom is -0.411 e. The van der Waals surface area contributed by atoms with Gasteiger partial charge in [-0.2, -0.15) is 0 Å². The molecule has 5 rings (SSSR count). The molecular formula is C54H89O4PSi2. The van der Waals surface area contributed by atoms with E-state index < -0.39 is 23.8 Å². The highest BCUT2D eigenvalue weighted by Gasteiger charge is 2.52. The molecule has 2 aromatic rings. The first-order valence-electron chi connectivity index (χ1n) is 24.7. The summed E-state index contributed by atoms with van der Waals surface area (Å²) in [5, 5.41) is 2.00. The highest BCUT2D eigenvalue weighted by molar-refractivity contribution is 7.78. The van der Waals surface area contributed by atoms with Gasteiger partial charge in [0, 0.05) is 29.1 Å². The van der Waals surface area contributed by atoms with Crippen LogP contribution < -0.4 is 10.6 Å². The average molecular weight is 889 g/mol. The predicted molar refractivity (Wildman–Crippen MR) is 270 cm³/mol.